The van der Waals surface area contributed by atoms with E-state index in [0.717, 1.165) is 36.2 Å². The summed E-state index contributed by atoms with van der Waals surface area (Å²) in [5.74, 6) is 1.52. The minimum atomic E-state index is 0.322. The standard InChI is InChI=1S/C12H17BrClN3/c1-2-8-7-17(4-3-11(8)15)12-10(13)5-9(14)6-16-12/h5-6,8,11H,2-4,7,15H2,1H3. The van der Waals surface area contributed by atoms with Crippen LogP contribution in [0, 0.1) is 5.92 Å². The van der Waals surface area contributed by atoms with E-state index in [1.807, 2.05) is 6.07 Å². The Balaban J connectivity index is 2.17. The molecule has 2 atom stereocenters. The van der Waals surface area contributed by atoms with Crippen molar-refractivity contribution >= 4 is 33.3 Å². The largest absolute Gasteiger partial charge is 0.355 e. The van der Waals surface area contributed by atoms with E-state index in [0.29, 0.717) is 17.0 Å². The van der Waals surface area contributed by atoms with Crippen molar-refractivity contribution in [1.82, 2.24) is 4.98 Å². The average Bonchev–Trinajstić information content (AvgIpc) is 2.30. The maximum Gasteiger partial charge on any atom is 0.142 e. The van der Waals surface area contributed by atoms with Crippen LogP contribution in [0.2, 0.25) is 5.02 Å². The second kappa shape index (κ2) is 5.55. The third-order valence-electron chi connectivity index (χ3n) is 3.41. The molecule has 5 heteroatoms. The summed E-state index contributed by atoms with van der Waals surface area (Å²) in [5.41, 5.74) is 6.11. The molecule has 0 aromatic carbocycles. The number of aromatic nitrogens is 1. The van der Waals surface area contributed by atoms with Gasteiger partial charge in [0.05, 0.1) is 9.50 Å². The number of piperidine rings is 1. The van der Waals surface area contributed by atoms with Crippen molar-refractivity contribution in [2.45, 2.75) is 25.8 Å². The first-order valence-corrected chi connectivity index (χ1v) is 7.10. The minimum absolute atomic E-state index is 0.322. The van der Waals surface area contributed by atoms with Gasteiger partial charge in [0.1, 0.15) is 5.82 Å². The lowest BCUT2D eigenvalue weighted by atomic mass is 9.91. The quantitative estimate of drug-likeness (QED) is 0.911. The molecule has 0 bridgehead atoms. The van der Waals surface area contributed by atoms with E-state index in [1.165, 1.54) is 0 Å². The first kappa shape index (κ1) is 13.1. The second-order valence-electron chi connectivity index (χ2n) is 4.53. The van der Waals surface area contributed by atoms with E-state index < -0.39 is 0 Å². The number of anilines is 1. The van der Waals surface area contributed by atoms with E-state index in [1.54, 1.807) is 6.20 Å². The predicted molar refractivity (Wildman–Crippen MR) is 75.5 cm³/mol. The second-order valence-corrected chi connectivity index (χ2v) is 5.82. The normalized spacial score (nSPS) is 25.1. The molecule has 0 amide bonds. The molecular weight excluding hydrogens is 302 g/mol. The number of hydrogen-bond donors (Lipinski definition) is 1. The Labute approximate surface area is 115 Å². The Morgan fingerprint density at radius 3 is 3.06 bits per heavy atom. The van der Waals surface area contributed by atoms with Gasteiger partial charge in [-0.05, 0) is 34.3 Å². The lowest BCUT2D eigenvalue weighted by Gasteiger charge is -2.37. The Bertz CT molecular complexity index is 399. The molecule has 3 nitrogen and oxygen atoms in total. The summed E-state index contributed by atoms with van der Waals surface area (Å²) >= 11 is 9.42. The Morgan fingerprint density at radius 1 is 1.65 bits per heavy atom. The number of nitrogens with two attached hydrogens (primary N) is 1. The van der Waals surface area contributed by atoms with Gasteiger partial charge in [0.15, 0.2) is 0 Å². The SMILES string of the molecule is CCC1CN(c2ncc(Cl)cc2Br)CCC1N. The summed E-state index contributed by atoms with van der Waals surface area (Å²) in [6.45, 7) is 4.13. The molecule has 1 aromatic rings. The zero-order chi connectivity index (χ0) is 12.4. The van der Waals surface area contributed by atoms with Gasteiger partial charge in [0.25, 0.3) is 0 Å². The lowest BCUT2D eigenvalue weighted by molar-refractivity contribution is 0.346. The summed E-state index contributed by atoms with van der Waals surface area (Å²) < 4.78 is 0.954. The summed E-state index contributed by atoms with van der Waals surface area (Å²) in [5, 5.41) is 0.654. The fourth-order valence-electron chi connectivity index (χ4n) is 2.31. The van der Waals surface area contributed by atoms with Crippen LogP contribution in [0.3, 0.4) is 0 Å². The molecule has 1 aliphatic heterocycles. The van der Waals surface area contributed by atoms with E-state index in [9.17, 15) is 0 Å². The van der Waals surface area contributed by atoms with Crippen LogP contribution in [0.15, 0.2) is 16.7 Å². The highest BCUT2D eigenvalue weighted by Gasteiger charge is 2.26. The summed E-state index contributed by atoms with van der Waals surface area (Å²) in [6, 6.07) is 2.21. The monoisotopic (exact) mass is 317 g/mol. The number of hydrogen-bond acceptors (Lipinski definition) is 3. The van der Waals surface area contributed by atoms with Crippen molar-refractivity contribution in [3.8, 4) is 0 Å². The minimum Gasteiger partial charge on any atom is -0.355 e. The molecule has 2 N–H and O–H groups in total. The fraction of sp³-hybridized carbons (Fsp3) is 0.583. The van der Waals surface area contributed by atoms with Gasteiger partial charge in [-0.15, -0.1) is 0 Å². The first-order valence-electron chi connectivity index (χ1n) is 5.93. The van der Waals surface area contributed by atoms with Gasteiger partial charge in [-0.25, -0.2) is 4.98 Å². The molecule has 2 unspecified atom stereocenters. The van der Waals surface area contributed by atoms with Crippen molar-refractivity contribution in [2.24, 2.45) is 11.7 Å². The van der Waals surface area contributed by atoms with E-state index >= 15 is 0 Å². The molecule has 94 valence electrons. The van der Waals surface area contributed by atoms with Crippen molar-refractivity contribution in [1.29, 1.82) is 0 Å². The maximum atomic E-state index is 6.11. The van der Waals surface area contributed by atoms with Crippen molar-refractivity contribution in [3.63, 3.8) is 0 Å². The zero-order valence-corrected chi connectivity index (χ0v) is 12.2. The molecule has 1 aliphatic rings. The molecule has 17 heavy (non-hydrogen) atoms. The molecule has 2 rings (SSSR count). The van der Waals surface area contributed by atoms with Crippen LogP contribution in [-0.4, -0.2) is 24.1 Å². The van der Waals surface area contributed by atoms with Crippen LogP contribution >= 0.6 is 27.5 Å². The molecule has 2 heterocycles. The van der Waals surface area contributed by atoms with Crippen LogP contribution in [0.5, 0.6) is 0 Å². The van der Waals surface area contributed by atoms with Crippen LogP contribution in [0.1, 0.15) is 19.8 Å². The molecule has 0 aliphatic carbocycles. The summed E-state index contributed by atoms with van der Waals surface area (Å²) in [7, 11) is 0. The van der Waals surface area contributed by atoms with Gasteiger partial charge in [0, 0.05) is 25.3 Å². The molecule has 0 spiro atoms. The highest BCUT2D eigenvalue weighted by atomic mass is 79.9. The molecule has 1 aromatic heterocycles. The van der Waals surface area contributed by atoms with Gasteiger partial charge in [-0.1, -0.05) is 24.9 Å². The van der Waals surface area contributed by atoms with Crippen LogP contribution in [-0.2, 0) is 0 Å². The topological polar surface area (TPSA) is 42.2 Å². The third kappa shape index (κ3) is 2.92. The summed E-state index contributed by atoms with van der Waals surface area (Å²) in [6.07, 6.45) is 3.83. The smallest absolute Gasteiger partial charge is 0.142 e. The maximum absolute atomic E-state index is 6.11. The average molecular weight is 319 g/mol. The Kier molecular flexibility index (Phi) is 4.28. The molecule has 0 saturated carbocycles. The third-order valence-corrected chi connectivity index (χ3v) is 4.20. The van der Waals surface area contributed by atoms with E-state index in [-0.39, 0.29) is 0 Å². The fourth-order valence-corrected chi connectivity index (χ4v) is 3.20. The van der Waals surface area contributed by atoms with Crippen molar-refractivity contribution in [3.05, 3.63) is 21.8 Å². The number of pyridine rings is 1. The number of nitrogens with zero attached hydrogens (tertiary/aromatic N) is 2. The van der Waals surface area contributed by atoms with Gasteiger partial charge in [0.2, 0.25) is 0 Å². The van der Waals surface area contributed by atoms with Crippen LogP contribution < -0.4 is 10.6 Å². The van der Waals surface area contributed by atoms with E-state index in [4.69, 9.17) is 17.3 Å². The predicted octanol–water partition coefficient (Wildman–Crippen LogP) is 3.06. The van der Waals surface area contributed by atoms with Crippen LogP contribution in [0.4, 0.5) is 5.82 Å². The van der Waals surface area contributed by atoms with Crippen molar-refractivity contribution in [2.75, 3.05) is 18.0 Å². The van der Waals surface area contributed by atoms with E-state index in [2.05, 4.69) is 32.7 Å². The van der Waals surface area contributed by atoms with Crippen molar-refractivity contribution < 1.29 is 0 Å². The highest BCUT2D eigenvalue weighted by molar-refractivity contribution is 9.10. The Morgan fingerprint density at radius 2 is 2.41 bits per heavy atom. The van der Waals surface area contributed by atoms with Gasteiger partial charge >= 0.3 is 0 Å². The van der Waals surface area contributed by atoms with Crippen LogP contribution in [0.25, 0.3) is 0 Å². The number of halogens is 2. The molecule has 1 saturated heterocycles. The lowest BCUT2D eigenvalue weighted by Crippen LogP contribution is -2.47. The molecular formula is C12H17BrClN3. The van der Waals surface area contributed by atoms with Gasteiger partial charge in [-0.3, -0.25) is 0 Å². The first-order chi connectivity index (χ1) is 8.11. The molecule has 0 radical (unpaired) electrons. The summed E-state index contributed by atoms with van der Waals surface area (Å²) in [4.78, 5) is 6.69. The van der Waals surface area contributed by atoms with Gasteiger partial charge in [-0.2, -0.15) is 0 Å². The molecule has 1 fully saturated rings. The zero-order valence-electron chi connectivity index (χ0n) is 9.87. The number of rotatable bonds is 2. The Hall–Kier alpha value is -0.320. The van der Waals surface area contributed by atoms with Gasteiger partial charge < -0.3 is 10.6 Å². The highest BCUT2D eigenvalue weighted by Crippen LogP contribution is 2.30.